The molecule has 2 fully saturated rings. The van der Waals surface area contributed by atoms with E-state index in [1.807, 2.05) is 7.05 Å². The molecule has 1 N–H and O–H groups in total. The minimum Gasteiger partial charge on any atom is -0.317 e. The summed E-state index contributed by atoms with van der Waals surface area (Å²) in [5, 5.41) is 16.2. The molecule has 1 aromatic rings. The Kier molecular flexibility index (Phi) is 3.82. The van der Waals surface area contributed by atoms with E-state index in [1.54, 1.807) is 4.80 Å². The number of piperidine rings is 1. The lowest BCUT2D eigenvalue weighted by atomic mass is 9.62. The van der Waals surface area contributed by atoms with Crippen LogP contribution in [0.1, 0.15) is 50.8 Å². The Bertz CT molecular complexity index is 402. The number of hydrogen-bond donors (Lipinski definition) is 1. The molecule has 3 rings (SSSR count). The van der Waals surface area contributed by atoms with Crippen LogP contribution in [0.2, 0.25) is 0 Å². The zero-order valence-electron chi connectivity index (χ0n) is 11.9. The molecule has 1 aromatic heterocycles. The van der Waals surface area contributed by atoms with E-state index in [0.29, 0.717) is 5.41 Å². The molecular formula is C14H25N5. The Morgan fingerprint density at radius 2 is 1.95 bits per heavy atom. The topological polar surface area (TPSA) is 55.6 Å². The number of hydrogen-bond acceptors (Lipinski definition) is 4. The molecule has 0 radical (unpaired) electrons. The van der Waals surface area contributed by atoms with E-state index in [4.69, 9.17) is 0 Å². The van der Waals surface area contributed by atoms with Crippen molar-refractivity contribution in [2.45, 2.75) is 51.4 Å². The summed E-state index contributed by atoms with van der Waals surface area (Å²) in [5.74, 6) is 1.81. The molecule has 5 nitrogen and oxygen atoms in total. The molecule has 1 saturated carbocycles. The van der Waals surface area contributed by atoms with Gasteiger partial charge in [-0.2, -0.15) is 4.80 Å². The van der Waals surface area contributed by atoms with Crippen molar-refractivity contribution in [2.75, 3.05) is 13.1 Å². The first-order chi connectivity index (χ1) is 9.28. The van der Waals surface area contributed by atoms with Crippen LogP contribution in [-0.2, 0) is 13.5 Å². The van der Waals surface area contributed by atoms with Crippen molar-refractivity contribution in [2.24, 2.45) is 18.4 Å². The second-order valence-corrected chi connectivity index (χ2v) is 6.32. The number of nitrogens with zero attached hydrogens (tertiary/aromatic N) is 4. The molecule has 1 aliphatic heterocycles. The number of tetrazole rings is 1. The molecule has 1 saturated heterocycles. The molecule has 2 heterocycles. The van der Waals surface area contributed by atoms with Gasteiger partial charge in [0.2, 0.25) is 0 Å². The summed E-state index contributed by atoms with van der Waals surface area (Å²) in [5.41, 5.74) is 0.425. The van der Waals surface area contributed by atoms with E-state index in [1.165, 1.54) is 44.9 Å². The molecule has 0 atom stereocenters. The van der Waals surface area contributed by atoms with Gasteiger partial charge in [0.1, 0.15) is 0 Å². The van der Waals surface area contributed by atoms with Gasteiger partial charge in [-0.05, 0) is 55.3 Å². The van der Waals surface area contributed by atoms with Crippen molar-refractivity contribution >= 4 is 0 Å². The fourth-order valence-electron chi connectivity index (χ4n) is 4.08. The third-order valence-corrected chi connectivity index (χ3v) is 5.13. The van der Waals surface area contributed by atoms with Crippen LogP contribution < -0.4 is 5.32 Å². The van der Waals surface area contributed by atoms with Gasteiger partial charge in [-0.15, -0.1) is 10.2 Å². The third kappa shape index (κ3) is 2.81. The molecule has 0 spiro atoms. The fourth-order valence-corrected chi connectivity index (χ4v) is 4.08. The molecule has 5 heteroatoms. The van der Waals surface area contributed by atoms with Crippen LogP contribution in [-0.4, -0.2) is 33.3 Å². The summed E-state index contributed by atoms with van der Waals surface area (Å²) in [6.45, 7) is 2.30. The standard InChI is InChI=1S/C14H25N5/c1-19-17-13(16-18-19)11-14(7-9-15-10-8-14)12-5-3-2-4-6-12/h12,15H,2-11H2,1H3. The quantitative estimate of drug-likeness (QED) is 0.902. The first kappa shape index (κ1) is 13.0. The molecule has 0 bridgehead atoms. The van der Waals surface area contributed by atoms with Gasteiger partial charge in [-0.3, -0.25) is 0 Å². The molecule has 0 amide bonds. The highest BCUT2D eigenvalue weighted by molar-refractivity contribution is 4.98. The number of aromatic nitrogens is 4. The Hall–Kier alpha value is -0.970. The summed E-state index contributed by atoms with van der Waals surface area (Å²) in [4.78, 5) is 1.59. The third-order valence-electron chi connectivity index (χ3n) is 5.13. The first-order valence-corrected chi connectivity index (χ1v) is 7.72. The maximum atomic E-state index is 4.42. The normalized spacial score (nSPS) is 24.5. The average molecular weight is 263 g/mol. The van der Waals surface area contributed by atoms with Gasteiger partial charge in [-0.25, -0.2) is 0 Å². The van der Waals surface area contributed by atoms with Gasteiger partial charge < -0.3 is 5.32 Å². The predicted octanol–water partition coefficient (Wildman–Crippen LogP) is 1.70. The Morgan fingerprint density at radius 3 is 2.58 bits per heavy atom. The van der Waals surface area contributed by atoms with Crippen molar-refractivity contribution in [3.05, 3.63) is 5.82 Å². The number of rotatable bonds is 3. The zero-order valence-corrected chi connectivity index (χ0v) is 11.9. The van der Waals surface area contributed by atoms with Gasteiger partial charge in [0.25, 0.3) is 0 Å². The molecular weight excluding hydrogens is 238 g/mol. The van der Waals surface area contributed by atoms with Crippen LogP contribution in [0.5, 0.6) is 0 Å². The summed E-state index contributed by atoms with van der Waals surface area (Å²) in [6, 6.07) is 0. The van der Waals surface area contributed by atoms with Crippen molar-refractivity contribution in [3.63, 3.8) is 0 Å². The fraction of sp³-hybridized carbons (Fsp3) is 0.929. The Balaban J connectivity index is 1.78. The minimum absolute atomic E-state index is 0.425. The van der Waals surface area contributed by atoms with Gasteiger partial charge in [0, 0.05) is 6.42 Å². The molecule has 19 heavy (non-hydrogen) atoms. The van der Waals surface area contributed by atoms with Crippen LogP contribution in [0.4, 0.5) is 0 Å². The molecule has 1 aliphatic carbocycles. The lowest BCUT2D eigenvalue weighted by Gasteiger charge is -2.45. The monoisotopic (exact) mass is 263 g/mol. The highest BCUT2D eigenvalue weighted by Gasteiger charge is 2.41. The minimum atomic E-state index is 0.425. The van der Waals surface area contributed by atoms with E-state index in [0.717, 1.165) is 31.3 Å². The molecule has 2 aliphatic rings. The SMILES string of the molecule is Cn1nnc(CC2(C3CCCCC3)CCNCC2)n1. The van der Waals surface area contributed by atoms with Crippen LogP contribution in [0.15, 0.2) is 0 Å². The Morgan fingerprint density at radius 1 is 1.21 bits per heavy atom. The summed E-state index contributed by atoms with van der Waals surface area (Å²) in [7, 11) is 1.85. The lowest BCUT2D eigenvalue weighted by Crippen LogP contribution is -2.44. The van der Waals surface area contributed by atoms with Crippen molar-refractivity contribution in [1.29, 1.82) is 0 Å². The second kappa shape index (κ2) is 5.57. The summed E-state index contributed by atoms with van der Waals surface area (Å²) in [6.07, 6.45) is 10.6. The Labute approximate surface area is 115 Å². The van der Waals surface area contributed by atoms with Crippen molar-refractivity contribution in [1.82, 2.24) is 25.5 Å². The molecule has 106 valence electrons. The maximum absolute atomic E-state index is 4.42. The van der Waals surface area contributed by atoms with Gasteiger partial charge >= 0.3 is 0 Å². The van der Waals surface area contributed by atoms with Gasteiger partial charge in [-0.1, -0.05) is 19.3 Å². The largest absolute Gasteiger partial charge is 0.317 e. The molecule has 0 unspecified atom stereocenters. The van der Waals surface area contributed by atoms with E-state index >= 15 is 0 Å². The maximum Gasteiger partial charge on any atom is 0.175 e. The van der Waals surface area contributed by atoms with Crippen molar-refractivity contribution in [3.8, 4) is 0 Å². The van der Waals surface area contributed by atoms with Crippen LogP contribution in [0.25, 0.3) is 0 Å². The van der Waals surface area contributed by atoms with Crippen molar-refractivity contribution < 1.29 is 0 Å². The summed E-state index contributed by atoms with van der Waals surface area (Å²) < 4.78 is 0. The number of aryl methyl sites for hydroxylation is 1. The van der Waals surface area contributed by atoms with E-state index in [2.05, 4.69) is 20.7 Å². The van der Waals surface area contributed by atoms with E-state index in [-0.39, 0.29) is 0 Å². The second-order valence-electron chi connectivity index (χ2n) is 6.32. The molecule has 0 aromatic carbocycles. The van der Waals surface area contributed by atoms with Gasteiger partial charge in [0.15, 0.2) is 5.82 Å². The lowest BCUT2D eigenvalue weighted by molar-refractivity contribution is 0.0726. The smallest absolute Gasteiger partial charge is 0.175 e. The van der Waals surface area contributed by atoms with Gasteiger partial charge in [0.05, 0.1) is 7.05 Å². The highest BCUT2D eigenvalue weighted by atomic mass is 15.6. The van der Waals surface area contributed by atoms with Crippen LogP contribution in [0, 0.1) is 11.3 Å². The van der Waals surface area contributed by atoms with E-state index in [9.17, 15) is 0 Å². The average Bonchev–Trinajstić information content (AvgIpc) is 2.86. The van der Waals surface area contributed by atoms with Crippen LogP contribution in [0.3, 0.4) is 0 Å². The van der Waals surface area contributed by atoms with Crippen LogP contribution >= 0.6 is 0 Å². The summed E-state index contributed by atoms with van der Waals surface area (Å²) >= 11 is 0. The first-order valence-electron chi connectivity index (χ1n) is 7.72. The zero-order chi connectivity index (χ0) is 13.1. The number of nitrogens with one attached hydrogen (secondary N) is 1. The predicted molar refractivity (Wildman–Crippen MR) is 73.6 cm³/mol. The highest BCUT2D eigenvalue weighted by Crippen LogP contribution is 2.46. The van der Waals surface area contributed by atoms with E-state index < -0.39 is 0 Å².